The van der Waals surface area contributed by atoms with E-state index in [0.29, 0.717) is 0 Å². The van der Waals surface area contributed by atoms with Crippen LogP contribution in [0.15, 0.2) is 5.16 Å². The van der Waals surface area contributed by atoms with E-state index in [2.05, 4.69) is 15.9 Å². The lowest BCUT2D eigenvalue weighted by Crippen LogP contribution is -1.80. The highest BCUT2D eigenvalue weighted by Gasteiger charge is 1.87. The summed E-state index contributed by atoms with van der Waals surface area (Å²) in [6.07, 6.45) is 14.9. The summed E-state index contributed by atoms with van der Waals surface area (Å²) in [5, 5.41) is 3.64. The summed E-state index contributed by atoms with van der Waals surface area (Å²) in [5.74, 6) is 2.38. The molecule has 0 aromatic carbocycles. The topological polar surface area (TPSA) is 21.6 Å². The summed E-state index contributed by atoms with van der Waals surface area (Å²) in [5.41, 5.74) is 0. The van der Waals surface area contributed by atoms with E-state index in [1.807, 2.05) is 0 Å². The van der Waals surface area contributed by atoms with E-state index in [4.69, 9.17) is 6.42 Å². The molecule has 0 spiro atoms. The van der Waals surface area contributed by atoms with Gasteiger partial charge in [-0.1, -0.05) is 23.9 Å². The molecule has 0 bridgehead atoms. The Morgan fingerprint density at radius 3 is 2.75 bits per heavy atom. The second-order valence-corrected chi connectivity index (χ2v) is 2.60. The minimum absolute atomic E-state index is 0.798. The van der Waals surface area contributed by atoms with Crippen LogP contribution in [-0.4, -0.2) is 13.3 Å². The number of unbranched alkanes of at least 4 members (excludes halogenated alkanes) is 5. The molecule has 2 nitrogen and oxygen atoms in total. The Morgan fingerprint density at radius 1 is 1.33 bits per heavy atom. The Bertz CT molecular complexity index is 146. The predicted octanol–water partition coefficient (Wildman–Crippen LogP) is 2.55. The molecule has 0 saturated heterocycles. The van der Waals surface area contributed by atoms with E-state index in [9.17, 15) is 0 Å². The first-order valence-electron chi connectivity index (χ1n) is 4.36. The van der Waals surface area contributed by atoms with Gasteiger partial charge < -0.3 is 4.84 Å². The van der Waals surface area contributed by atoms with Crippen molar-refractivity contribution in [2.75, 3.05) is 7.11 Å². The summed E-state index contributed by atoms with van der Waals surface area (Å²) in [6.45, 7) is 0. The summed E-state index contributed by atoms with van der Waals surface area (Å²) >= 11 is 0. The molecule has 2 heteroatoms. The molecular formula is C10H16NO. The van der Waals surface area contributed by atoms with Crippen LogP contribution in [0.5, 0.6) is 0 Å². The Hall–Kier alpha value is -0.970. The van der Waals surface area contributed by atoms with E-state index in [0.717, 1.165) is 25.7 Å². The number of rotatable bonds is 7. The number of oxime groups is 1. The highest BCUT2D eigenvalue weighted by Crippen LogP contribution is 2.03. The van der Waals surface area contributed by atoms with Crippen LogP contribution in [0.25, 0.3) is 0 Å². The summed E-state index contributed by atoms with van der Waals surface area (Å²) < 4.78 is 0. The molecular weight excluding hydrogens is 150 g/mol. The zero-order chi connectivity index (χ0) is 9.07. The van der Waals surface area contributed by atoms with Gasteiger partial charge in [0.1, 0.15) is 7.11 Å². The third-order valence-corrected chi connectivity index (χ3v) is 1.56. The molecule has 0 aliphatic heterocycles. The fourth-order valence-electron chi connectivity index (χ4n) is 0.930. The van der Waals surface area contributed by atoms with Crippen molar-refractivity contribution in [3.8, 4) is 5.92 Å². The first kappa shape index (κ1) is 11.0. The standard InChI is InChI=1S/C10H16NO/c1-3-4-5-6-7-8-9-10-11-12-2/h10H,4-9H2,2H3. The minimum atomic E-state index is 0.798. The minimum Gasteiger partial charge on any atom is -0.399 e. The van der Waals surface area contributed by atoms with Crippen LogP contribution in [0, 0.1) is 12.3 Å². The Labute approximate surface area is 75.0 Å². The maximum absolute atomic E-state index is 6.69. The van der Waals surface area contributed by atoms with E-state index in [1.165, 1.54) is 12.8 Å². The zero-order valence-electron chi connectivity index (χ0n) is 7.68. The van der Waals surface area contributed by atoms with E-state index in [1.54, 1.807) is 13.3 Å². The molecule has 12 heavy (non-hydrogen) atoms. The van der Waals surface area contributed by atoms with Crippen LogP contribution >= 0.6 is 0 Å². The second-order valence-electron chi connectivity index (χ2n) is 2.60. The van der Waals surface area contributed by atoms with Gasteiger partial charge in [-0.3, -0.25) is 0 Å². The molecule has 0 unspecified atom stereocenters. The first-order valence-corrected chi connectivity index (χ1v) is 4.36. The molecule has 0 aliphatic carbocycles. The third kappa shape index (κ3) is 9.03. The van der Waals surface area contributed by atoms with Gasteiger partial charge in [0.05, 0.1) is 0 Å². The van der Waals surface area contributed by atoms with Crippen LogP contribution in [0.1, 0.15) is 38.5 Å². The molecule has 0 heterocycles. The van der Waals surface area contributed by atoms with Crippen molar-refractivity contribution in [2.24, 2.45) is 5.16 Å². The lowest BCUT2D eigenvalue weighted by Gasteiger charge is -1.94. The fraction of sp³-hybridized carbons (Fsp3) is 0.700. The second kappa shape index (κ2) is 10.0. The first-order chi connectivity index (χ1) is 5.91. The summed E-state index contributed by atoms with van der Waals surface area (Å²) in [6, 6.07) is 0. The predicted molar refractivity (Wildman–Crippen MR) is 50.3 cm³/mol. The summed E-state index contributed by atoms with van der Waals surface area (Å²) in [7, 11) is 1.55. The normalized spacial score (nSPS) is 10.0. The van der Waals surface area contributed by atoms with Crippen LogP contribution in [0.4, 0.5) is 0 Å². The average Bonchev–Trinajstić information content (AvgIpc) is 2.10. The Kier molecular flexibility index (Phi) is 9.22. The Morgan fingerprint density at radius 2 is 2.08 bits per heavy atom. The van der Waals surface area contributed by atoms with E-state index in [-0.39, 0.29) is 0 Å². The average molecular weight is 166 g/mol. The van der Waals surface area contributed by atoms with Crippen LogP contribution < -0.4 is 0 Å². The van der Waals surface area contributed by atoms with Gasteiger partial charge in [-0.15, -0.1) is 0 Å². The zero-order valence-corrected chi connectivity index (χ0v) is 7.68. The van der Waals surface area contributed by atoms with Gasteiger partial charge in [-0.25, -0.2) is 0 Å². The van der Waals surface area contributed by atoms with Gasteiger partial charge in [-0.2, -0.15) is 0 Å². The number of hydrogen-bond donors (Lipinski definition) is 0. The van der Waals surface area contributed by atoms with Crippen molar-refractivity contribution < 1.29 is 4.84 Å². The molecule has 0 aliphatic rings. The van der Waals surface area contributed by atoms with Crippen molar-refractivity contribution in [1.82, 2.24) is 0 Å². The smallest absolute Gasteiger partial charge is 0.106 e. The summed E-state index contributed by atoms with van der Waals surface area (Å²) in [4.78, 5) is 4.52. The van der Waals surface area contributed by atoms with Crippen molar-refractivity contribution in [3.05, 3.63) is 6.42 Å². The monoisotopic (exact) mass is 166 g/mol. The molecule has 0 atom stereocenters. The van der Waals surface area contributed by atoms with Gasteiger partial charge in [0.15, 0.2) is 0 Å². The SMILES string of the molecule is [C]#CCCCCCCC=NOC. The highest BCUT2D eigenvalue weighted by atomic mass is 16.6. The molecule has 0 aromatic heterocycles. The van der Waals surface area contributed by atoms with Crippen molar-refractivity contribution in [3.63, 3.8) is 0 Å². The molecule has 67 valence electrons. The van der Waals surface area contributed by atoms with Crippen LogP contribution in [0.2, 0.25) is 0 Å². The van der Waals surface area contributed by atoms with Gasteiger partial charge in [0, 0.05) is 12.6 Å². The van der Waals surface area contributed by atoms with E-state index < -0.39 is 0 Å². The van der Waals surface area contributed by atoms with Gasteiger partial charge in [-0.05, 0) is 25.7 Å². The largest absolute Gasteiger partial charge is 0.399 e. The van der Waals surface area contributed by atoms with Gasteiger partial charge in [0.25, 0.3) is 0 Å². The van der Waals surface area contributed by atoms with E-state index >= 15 is 0 Å². The lowest BCUT2D eigenvalue weighted by atomic mass is 10.1. The number of hydrogen-bond acceptors (Lipinski definition) is 2. The fourth-order valence-corrected chi connectivity index (χ4v) is 0.930. The molecule has 0 N–H and O–H groups in total. The quantitative estimate of drug-likeness (QED) is 0.246. The lowest BCUT2D eigenvalue weighted by molar-refractivity contribution is 0.214. The van der Waals surface area contributed by atoms with Crippen LogP contribution in [0.3, 0.4) is 0 Å². The third-order valence-electron chi connectivity index (χ3n) is 1.56. The van der Waals surface area contributed by atoms with Crippen LogP contribution in [-0.2, 0) is 4.84 Å². The maximum atomic E-state index is 6.69. The molecule has 0 saturated carbocycles. The van der Waals surface area contributed by atoms with Crippen molar-refractivity contribution in [1.29, 1.82) is 0 Å². The maximum Gasteiger partial charge on any atom is 0.106 e. The highest BCUT2D eigenvalue weighted by molar-refractivity contribution is 5.55. The molecule has 0 rings (SSSR count). The molecule has 1 radical (unpaired) electrons. The van der Waals surface area contributed by atoms with Gasteiger partial charge in [0.2, 0.25) is 0 Å². The Balaban J connectivity index is 2.92. The van der Waals surface area contributed by atoms with Gasteiger partial charge >= 0.3 is 0 Å². The van der Waals surface area contributed by atoms with Crippen molar-refractivity contribution >= 4 is 6.21 Å². The number of nitrogens with zero attached hydrogens (tertiary/aromatic N) is 1. The molecule has 0 aromatic rings. The van der Waals surface area contributed by atoms with Crippen molar-refractivity contribution in [2.45, 2.75) is 38.5 Å². The molecule has 0 fully saturated rings. The molecule has 0 amide bonds.